The van der Waals surface area contributed by atoms with E-state index in [-0.39, 0.29) is 5.91 Å². The minimum Gasteiger partial charge on any atom is -0.465 e. The first kappa shape index (κ1) is 17.2. The monoisotopic (exact) mass is 360 g/mol. The Morgan fingerprint density at radius 3 is 2.63 bits per heavy atom. The van der Waals surface area contributed by atoms with Crippen molar-refractivity contribution in [3.8, 4) is 0 Å². The number of esters is 1. The number of nitrogens with zero attached hydrogens (tertiary/aromatic N) is 1. The van der Waals surface area contributed by atoms with Gasteiger partial charge in [0.15, 0.2) is 0 Å². The van der Waals surface area contributed by atoms with Crippen molar-refractivity contribution in [2.75, 3.05) is 12.4 Å². The van der Waals surface area contributed by atoms with Crippen LogP contribution in [0.4, 0.5) is 5.69 Å². The van der Waals surface area contributed by atoms with Crippen LogP contribution in [0, 0.1) is 6.92 Å². The molecule has 136 valence electrons. The molecule has 1 aromatic heterocycles. The molecule has 0 aliphatic heterocycles. The van der Waals surface area contributed by atoms with E-state index in [9.17, 15) is 9.59 Å². The minimum absolute atomic E-state index is 0.208. The Labute approximate surface area is 157 Å². The molecular formula is C22H20N2O3. The van der Waals surface area contributed by atoms with E-state index in [1.54, 1.807) is 18.2 Å². The van der Waals surface area contributed by atoms with Crippen molar-refractivity contribution < 1.29 is 14.3 Å². The number of ether oxygens (including phenoxy) is 1. The summed E-state index contributed by atoms with van der Waals surface area (Å²) < 4.78 is 4.77. The SMILES string of the molecule is COC(=O)c1ccc(C)c(NC(=O)c2cc(C3CC3)nc3ccccc23)c1. The van der Waals surface area contributed by atoms with Crippen molar-refractivity contribution >= 4 is 28.5 Å². The predicted molar refractivity (Wildman–Crippen MR) is 104 cm³/mol. The summed E-state index contributed by atoms with van der Waals surface area (Å²) in [5.41, 5.74) is 4.27. The summed E-state index contributed by atoms with van der Waals surface area (Å²) in [4.78, 5) is 29.6. The smallest absolute Gasteiger partial charge is 0.337 e. The standard InChI is InChI=1S/C22H20N2O3/c1-13-7-8-15(22(26)27-2)11-19(13)24-21(25)17-12-20(14-9-10-14)23-18-6-4-3-5-16(17)18/h3-8,11-12,14H,9-10H2,1-2H3,(H,24,25). The van der Waals surface area contributed by atoms with Crippen molar-refractivity contribution in [2.45, 2.75) is 25.7 Å². The summed E-state index contributed by atoms with van der Waals surface area (Å²) in [5.74, 6) is -0.193. The second-order valence-corrected chi connectivity index (χ2v) is 6.86. The molecule has 1 N–H and O–H groups in total. The minimum atomic E-state index is -0.434. The molecule has 0 unspecified atom stereocenters. The topological polar surface area (TPSA) is 68.3 Å². The summed E-state index contributed by atoms with van der Waals surface area (Å²) in [5, 5.41) is 3.77. The van der Waals surface area contributed by atoms with Gasteiger partial charge in [0.25, 0.3) is 5.91 Å². The van der Waals surface area contributed by atoms with Crippen LogP contribution in [0.25, 0.3) is 10.9 Å². The second kappa shape index (κ2) is 6.83. The maximum absolute atomic E-state index is 13.1. The first-order valence-corrected chi connectivity index (χ1v) is 8.97. The Morgan fingerprint density at radius 2 is 1.89 bits per heavy atom. The zero-order valence-electron chi connectivity index (χ0n) is 15.3. The van der Waals surface area contributed by atoms with Crippen LogP contribution < -0.4 is 5.32 Å². The van der Waals surface area contributed by atoms with Gasteiger partial charge < -0.3 is 10.1 Å². The number of anilines is 1. The molecule has 0 spiro atoms. The molecule has 0 saturated heterocycles. The fraction of sp³-hybridized carbons (Fsp3) is 0.227. The number of carbonyl (C=O) groups excluding carboxylic acids is 2. The average molecular weight is 360 g/mol. The quantitative estimate of drug-likeness (QED) is 0.698. The molecule has 3 aromatic rings. The zero-order chi connectivity index (χ0) is 19.0. The van der Waals surface area contributed by atoms with E-state index in [1.165, 1.54) is 7.11 Å². The number of para-hydroxylation sites is 1. The molecular weight excluding hydrogens is 340 g/mol. The highest BCUT2D eigenvalue weighted by Gasteiger charge is 2.27. The summed E-state index contributed by atoms with van der Waals surface area (Å²) in [7, 11) is 1.34. The molecule has 0 atom stereocenters. The molecule has 1 aliphatic carbocycles. The predicted octanol–water partition coefficient (Wildman–Crippen LogP) is 4.46. The lowest BCUT2D eigenvalue weighted by molar-refractivity contribution is 0.0600. The number of fused-ring (bicyclic) bond motifs is 1. The van der Waals surface area contributed by atoms with Crippen LogP contribution in [-0.4, -0.2) is 24.0 Å². The molecule has 2 aromatic carbocycles. The van der Waals surface area contributed by atoms with Crippen molar-refractivity contribution in [1.82, 2.24) is 4.98 Å². The number of hydrogen-bond acceptors (Lipinski definition) is 4. The molecule has 0 radical (unpaired) electrons. The van der Waals surface area contributed by atoms with Crippen LogP contribution in [-0.2, 0) is 4.74 Å². The van der Waals surface area contributed by atoms with Gasteiger partial charge in [-0.25, -0.2) is 4.79 Å². The van der Waals surface area contributed by atoms with Crippen LogP contribution in [0.3, 0.4) is 0 Å². The molecule has 1 aliphatic rings. The van der Waals surface area contributed by atoms with E-state index >= 15 is 0 Å². The largest absolute Gasteiger partial charge is 0.465 e. The van der Waals surface area contributed by atoms with E-state index in [0.29, 0.717) is 22.7 Å². The lowest BCUT2D eigenvalue weighted by Crippen LogP contribution is -2.15. The lowest BCUT2D eigenvalue weighted by Gasteiger charge is -2.12. The molecule has 1 fully saturated rings. The van der Waals surface area contributed by atoms with Crippen LogP contribution in [0.2, 0.25) is 0 Å². The van der Waals surface area contributed by atoms with E-state index in [1.807, 2.05) is 37.3 Å². The number of aromatic nitrogens is 1. The fourth-order valence-electron chi connectivity index (χ4n) is 3.16. The molecule has 5 heteroatoms. The number of benzene rings is 2. The Kier molecular flexibility index (Phi) is 4.36. The molecule has 1 saturated carbocycles. The molecule has 0 bridgehead atoms. The third-order valence-corrected chi connectivity index (χ3v) is 4.88. The van der Waals surface area contributed by atoms with Gasteiger partial charge in [-0.05, 0) is 49.6 Å². The van der Waals surface area contributed by atoms with E-state index in [4.69, 9.17) is 9.72 Å². The second-order valence-electron chi connectivity index (χ2n) is 6.86. The van der Waals surface area contributed by atoms with Crippen LogP contribution in [0.15, 0.2) is 48.5 Å². The number of pyridine rings is 1. The van der Waals surface area contributed by atoms with Gasteiger partial charge in [0.1, 0.15) is 0 Å². The third-order valence-electron chi connectivity index (χ3n) is 4.88. The number of carbonyl (C=O) groups is 2. The Balaban J connectivity index is 1.72. The highest BCUT2D eigenvalue weighted by atomic mass is 16.5. The van der Waals surface area contributed by atoms with Gasteiger partial charge in [-0.3, -0.25) is 9.78 Å². The van der Waals surface area contributed by atoms with Gasteiger partial charge in [0.2, 0.25) is 0 Å². The summed E-state index contributed by atoms with van der Waals surface area (Å²) in [6, 6.07) is 14.7. The van der Waals surface area contributed by atoms with Gasteiger partial charge in [0.05, 0.1) is 23.8 Å². The first-order valence-electron chi connectivity index (χ1n) is 8.97. The van der Waals surface area contributed by atoms with Crippen LogP contribution in [0.1, 0.15) is 50.7 Å². The maximum Gasteiger partial charge on any atom is 0.337 e. The maximum atomic E-state index is 13.1. The Bertz CT molecular complexity index is 1050. The number of hydrogen-bond donors (Lipinski definition) is 1. The highest BCUT2D eigenvalue weighted by Crippen LogP contribution is 2.40. The van der Waals surface area contributed by atoms with Gasteiger partial charge in [-0.1, -0.05) is 24.3 Å². The van der Waals surface area contributed by atoms with Crippen molar-refractivity contribution in [2.24, 2.45) is 0 Å². The summed E-state index contributed by atoms with van der Waals surface area (Å²) in [6.45, 7) is 1.89. The summed E-state index contributed by atoms with van der Waals surface area (Å²) in [6.07, 6.45) is 2.24. The zero-order valence-corrected chi connectivity index (χ0v) is 15.3. The number of aryl methyl sites for hydroxylation is 1. The number of amides is 1. The van der Waals surface area contributed by atoms with Gasteiger partial charge in [0, 0.05) is 22.7 Å². The van der Waals surface area contributed by atoms with Gasteiger partial charge in [-0.2, -0.15) is 0 Å². The van der Waals surface area contributed by atoms with Crippen LogP contribution >= 0.6 is 0 Å². The number of nitrogens with one attached hydrogen (secondary N) is 1. The normalized spacial score (nSPS) is 13.4. The van der Waals surface area contributed by atoms with E-state index < -0.39 is 5.97 Å². The molecule has 1 heterocycles. The molecule has 5 nitrogen and oxygen atoms in total. The van der Waals surface area contributed by atoms with E-state index in [2.05, 4.69) is 5.32 Å². The van der Waals surface area contributed by atoms with E-state index in [0.717, 1.165) is 35.0 Å². The molecule has 4 rings (SSSR count). The third kappa shape index (κ3) is 3.40. The van der Waals surface area contributed by atoms with Gasteiger partial charge >= 0.3 is 5.97 Å². The number of methoxy groups -OCH3 is 1. The molecule has 27 heavy (non-hydrogen) atoms. The Hall–Kier alpha value is -3.21. The highest BCUT2D eigenvalue weighted by molar-refractivity contribution is 6.13. The Morgan fingerprint density at radius 1 is 1.11 bits per heavy atom. The lowest BCUT2D eigenvalue weighted by atomic mass is 10.0. The van der Waals surface area contributed by atoms with Crippen molar-refractivity contribution in [3.63, 3.8) is 0 Å². The van der Waals surface area contributed by atoms with Crippen LogP contribution in [0.5, 0.6) is 0 Å². The van der Waals surface area contributed by atoms with Crippen molar-refractivity contribution in [1.29, 1.82) is 0 Å². The first-order chi connectivity index (χ1) is 13.1. The van der Waals surface area contributed by atoms with Gasteiger partial charge in [-0.15, -0.1) is 0 Å². The fourth-order valence-corrected chi connectivity index (χ4v) is 3.16. The van der Waals surface area contributed by atoms with Crippen molar-refractivity contribution in [3.05, 3.63) is 70.9 Å². The number of rotatable bonds is 4. The summed E-state index contributed by atoms with van der Waals surface area (Å²) >= 11 is 0. The average Bonchev–Trinajstić information content (AvgIpc) is 3.53. The molecule has 1 amide bonds.